The molecule has 1 unspecified atom stereocenters. The van der Waals surface area contributed by atoms with E-state index in [1.807, 2.05) is 6.07 Å². The van der Waals surface area contributed by atoms with E-state index in [1.54, 1.807) is 0 Å². The van der Waals surface area contributed by atoms with Crippen LogP contribution in [0.3, 0.4) is 0 Å². The molecule has 2 N–H and O–H groups in total. The van der Waals surface area contributed by atoms with Crippen molar-refractivity contribution >= 4 is 5.69 Å². The van der Waals surface area contributed by atoms with Gasteiger partial charge in [-0.15, -0.1) is 0 Å². The van der Waals surface area contributed by atoms with Crippen molar-refractivity contribution in [3.63, 3.8) is 0 Å². The summed E-state index contributed by atoms with van der Waals surface area (Å²) in [4.78, 5) is 2.63. The molecule has 0 bridgehead atoms. The summed E-state index contributed by atoms with van der Waals surface area (Å²) in [6.07, 6.45) is 5.26. The number of nitrogen functional groups attached to an aromatic ring is 1. The lowest BCUT2D eigenvalue weighted by atomic mass is 10.1. The predicted octanol–water partition coefficient (Wildman–Crippen LogP) is 2.35. The number of hydrogen-bond donors (Lipinski definition) is 1. The molecule has 0 amide bonds. The maximum atomic E-state index is 5.87. The first-order valence-electron chi connectivity index (χ1n) is 5.97. The molecule has 1 heterocycles. The summed E-state index contributed by atoms with van der Waals surface area (Å²) in [5.74, 6) is 0. The van der Waals surface area contributed by atoms with Crippen LogP contribution in [0.15, 0.2) is 18.2 Å². The van der Waals surface area contributed by atoms with Crippen LogP contribution in [-0.4, -0.2) is 18.0 Å². The van der Waals surface area contributed by atoms with Gasteiger partial charge < -0.3 is 5.73 Å². The highest BCUT2D eigenvalue weighted by Crippen LogP contribution is 2.38. The molecule has 1 aromatic carbocycles. The normalized spacial score (nSPS) is 25.7. The molecule has 0 aromatic heterocycles. The van der Waals surface area contributed by atoms with E-state index >= 15 is 0 Å². The van der Waals surface area contributed by atoms with Gasteiger partial charge in [-0.3, -0.25) is 4.90 Å². The average molecular weight is 202 g/mol. The molecule has 1 aliphatic carbocycles. The van der Waals surface area contributed by atoms with Gasteiger partial charge in [0.2, 0.25) is 0 Å². The van der Waals surface area contributed by atoms with Crippen LogP contribution in [0.2, 0.25) is 0 Å². The van der Waals surface area contributed by atoms with Crippen molar-refractivity contribution in [3.05, 3.63) is 29.3 Å². The summed E-state index contributed by atoms with van der Waals surface area (Å²) in [5.41, 5.74) is 9.80. The number of benzene rings is 1. The van der Waals surface area contributed by atoms with Crippen LogP contribution in [0, 0.1) is 0 Å². The van der Waals surface area contributed by atoms with Crippen LogP contribution >= 0.6 is 0 Å². The van der Waals surface area contributed by atoms with Gasteiger partial charge in [0.1, 0.15) is 0 Å². The maximum absolute atomic E-state index is 5.87. The highest BCUT2D eigenvalue weighted by Gasteiger charge is 2.29. The van der Waals surface area contributed by atoms with Crippen LogP contribution in [0.25, 0.3) is 0 Å². The van der Waals surface area contributed by atoms with E-state index in [0.29, 0.717) is 6.04 Å². The van der Waals surface area contributed by atoms with Gasteiger partial charge in [-0.05, 0) is 62.0 Å². The van der Waals surface area contributed by atoms with Crippen LogP contribution < -0.4 is 5.73 Å². The molecule has 0 saturated carbocycles. The first kappa shape index (κ1) is 9.22. The van der Waals surface area contributed by atoms with E-state index < -0.39 is 0 Å². The summed E-state index contributed by atoms with van der Waals surface area (Å²) in [7, 11) is 0. The quantitative estimate of drug-likeness (QED) is 0.708. The minimum absolute atomic E-state index is 0.658. The molecule has 0 spiro atoms. The largest absolute Gasteiger partial charge is 0.399 e. The van der Waals surface area contributed by atoms with Gasteiger partial charge in [0.15, 0.2) is 0 Å². The molecular formula is C13H18N2. The number of nitrogens with two attached hydrogens (primary N) is 1. The molecular weight excluding hydrogens is 184 g/mol. The Labute approximate surface area is 91.1 Å². The average Bonchev–Trinajstić information content (AvgIpc) is 2.83. The van der Waals surface area contributed by atoms with Crippen LogP contribution in [0.4, 0.5) is 5.69 Å². The topological polar surface area (TPSA) is 29.3 Å². The maximum Gasteiger partial charge on any atom is 0.0354 e. The van der Waals surface area contributed by atoms with E-state index in [2.05, 4.69) is 17.0 Å². The van der Waals surface area contributed by atoms with Crippen LogP contribution in [0.5, 0.6) is 0 Å². The van der Waals surface area contributed by atoms with Crippen molar-refractivity contribution < 1.29 is 0 Å². The Balaban J connectivity index is 1.92. The zero-order valence-corrected chi connectivity index (χ0v) is 9.08. The van der Waals surface area contributed by atoms with Gasteiger partial charge >= 0.3 is 0 Å². The number of aryl methyl sites for hydroxylation is 1. The molecule has 15 heavy (non-hydrogen) atoms. The van der Waals surface area contributed by atoms with Crippen molar-refractivity contribution in [1.29, 1.82) is 0 Å². The number of rotatable bonds is 1. The second-order valence-corrected chi connectivity index (χ2v) is 4.76. The first-order chi connectivity index (χ1) is 7.34. The van der Waals surface area contributed by atoms with Crippen molar-refractivity contribution in [3.8, 4) is 0 Å². The predicted molar refractivity (Wildman–Crippen MR) is 62.7 cm³/mol. The fraction of sp³-hybridized carbons (Fsp3) is 0.538. The highest BCUT2D eigenvalue weighted by molar-refractivity contribution is 5.48. The van der Waals surface area contributed by atoms with E-state index in [9.17, 15) is 0 Å². The molecule has 2 aliphatic rings. The lowest BCUT2D eigenvalue weighted by Crippen LogP contribution is -2.23. The SMILES string of the molecule is Nc1ccc2c(c1)C(N1CCCC1)CC2. The second-order valence-electron chi connectivity index (χ2n) is 4.76. The summed E-state index contributed by atoms with van der Waals surface area (Å²) < 4.78 is 0. The van der Waals surface area contributed by atoms with Gasteiger partial charge in [0, 0.05) is 11.7 Å². The third-order valence-electron chi connectivity index (χ3n) is 3.80. The van der Waals surface area contributed by atoms with Gasteiger partial charge in [0.05, 0.1) is 0 Å². The van der Waals surface area contributed by atoms with Crippen LogP contribution in [-0.2, 0) is 6.42 Å². The summed E-state index contributed by atoms with van der Waals surface area (Å²) >= 11 is 0. The zero-order valence-electron chi connectivity index (χ0n) is 9.08. The third kappa shape index (κ3) is 1.53. The second kappa shape index (κ2) is 3.53. The van der Waals surface area contributed by atoms with E-state index in [1.165, 1.54) is 49.9 Å². The van der Waals surface area contributed by atoms with E-state index in [4.69, 9.17) is 5.73 Å². The summed E-state index contributed by atoms with van der Waals surface area (Å²) in [5, 5.41) is 0. The zero-order chi connectivity index (χ0) is 10.3. The van der Waals surface area contributed by atoms with Gasteiger partial charge in [-0.2, -0.15) is 0 Å². The molecule has 1 aromatic rings. The molecule has 2 heteroatoms. The lowest BCUT2D eigenvalue weighted by molar-refractivity contribution is 0.245. The first-order valence-corrected chi connectivity index (χ1v) is 5.97. The number of likely N-dealkylation sites (tertiary alicyclic amines) is 1. The molecule has 2 nitrogen and oxygen atoms in total. The molecule has 1 atom stereocenters. The smallest absolute Gasteiger partial charge is 0.0354 e. The van der Waals surface area contributed by atoms with Crippen LogP contribution in [0.1, 0.15) is 36.4 Å². The van der Waals surface area contributed by atoms with Crippen molar-refractivity contribution in [1.82, 2.24) is 4.90 Å². The molecule has 0 radical (unpaired) electrons. The lowest BCUT2D eigenvalue weighted by Gasteiger charge is -2.24. The molecule has 3 rings (SSSR count). The molecule has 1 fully saturated rings. The fourth-order valence-electron chi connectivity index (χ4n) is 3.03. The Bertz CT molecular complexity index is 367. The monoisotopic (exact) mass is 202 g/mol. The summed E-state index contributed by atoms with van der Waals surface area (Å²) in [6, 6.07) is 7.09. The Morgan fingerprint density at radius 3 is 2.80 bits per heavy atom. The molecule has 1 aliphatic heterocycles. The Morgan fingerprint density at radius 1 is 1.20 bits per heavy atom. The minimum Gasteiger partial charge on any atom is -0.399 e. The molecule has 1 saturated heterocycles. The standard InChI is InChI=1S/C13H18N2/c14-11-5-3-10-4-6-13(12(10)9-11)15-7-1-2-8-15/h3,5,9,13H,1-2,4,6-8,14H2. The number of hydrogen-bond acceptors (Lipinski definition) is 2. The number of nitrogens with zero attached hydrogens (tertiary/aromatic N) is 1. The number of fused-ring (bicyclic) bond motifs is 1. The van der Waals surface area contributed by atoms with E-state index in [0.717, 1.165) is 5.69 Å². The fourth-order valence-corrected chi connectivity index (χ4v) is 3.03. The summed E-state index contributed by atoms with van der Waals surface area (Å²) in [6.45, 7) is 2.55. The van der Waals surface area contributed by atoms with Gasteiger partial charge in [-0.1, -0.05) is 6.07 Å². The van der Waals surface area contributed by atoms with E-state index in [-0.39, 0.29) is 0 Å². The van der Waals surface area contributed by atoms with Crippen molar-refractivity contribution in [2.75, 3.05) is 18.8 Å². The van der Waals surface area contributed by atoms with Crippen molar-refractivity contribution in [2.24, 2.45) is 0 Å². The molecule has 80 valence electrons. The minimum atomic E-state index is 0.658. The number of anilines is 1. The third-order valence-corrected chi connectivity index (χ3v) is 3.80. The highest BCUT2D eigenvalue weighted by atomic mass is 15.2. The van der Waals surface area contributed by atoms with Gasteiger partial charge in [-0.25, -0.2) is 0 Å². The Hall–Kier alpha value is -1.02. The Kier molecular flexibility index (Phi) is 2.17. The van der Waals surface area contributed by atoms with Crippen molar-refractivity contribution in [2.45, 2.75) is 31.7 Å². The Morgan fingerprint density at radius 2 is 2.00 bits per heavy atom. The van der Waals surface area contributed by atoms with Gasteiger partial charge in [0.25, 0.3) is 0 Å².